The maximum Gasteiger partial charge on any atom is 0.337 e. The van der Waals surface area contributed by atoms with Crippen LogP contribution in [0.1, 0.15) is 21.5 Å². The van der Waals surface area contributed by atoms with Crippen molar-refractivity contribution in [2.45, 2.75) is 13.1 Å². The molecule has 3 aromatic carbocycles. The summed E-state index contributed by atoms with van der Waals surface area (Å²) in [6.07, 6.45) is 0. The third-order valence-corrected chi connectivity index (χ3v) is 6.27. The number of hydrogen-bond donors (Lipinski definition) is 0. The van der Waals surface area contributed by atoms with Crippen molar-refractivity contribution in [1.82, 2.24) is 4.98 Å². The first kappa shape index (κ1) is 18.6. The smallest absolute Gasteiger partial charge is 0.337 e. The number of nitrogens with zero attached hydrogens (tertiary/aromatic N) is 2. The third-order valence-electron chi connectivity index (χ3n) is 5.38. The number of rotatable bonds is 4. The van der Waals surface area contributed by atoms with Gasteiger partial charge in [-0.2, -0.15) is 0 Å². The standard InChI is InChI=1S/C25H20N2O2S/c1-29-25(28)19-10-11-20-14-27(15-21(20)12-19)22-9-5-8-18(13-22)23-16-30-24(26-23)17-6-3-2-4-7-17/h2-13,16H,14-15H2,1H3. The summed E-state index contributed by atoms with van der Waals surface area (Å²) >= 11 is 1.66. The molecule has 4 nitrogen and oxygen atoms in total. The molecule has 0 spiro atoms. The first-order valence-corrected chi connectivity index (χ1v) is 10.7. The van der Waals surface area contributed by atoms with E-state index in [2.05, 4.69) is 46.7 Å². The fourth-order valence-electron chi connectivity index (χ4n) is 3.80. The van der Waals surface area contributed by atoms with Crippen molar-refractivity contribution in [2.24, 2.45) is 0 Å². The van der Waals surface area contributed by atoms with Gasteiger partial charge in [-0.15, -0.1) is 11.3 Å². The molecule has 4 aromatic rings. The first-order valence-electron chi connectivity index (χ1n) is 9.78. The van der Waals surface area contributed by atoms with Gasteiger partial charge in [0.25, 0.3) is 0 Å². The molecule has 0 radical (unpaired) electrons. The summed E-state index contributed by atoms with van der Waals surface area (Å²) in [6, 6.07) is 24.6. The molecular weight excluding hydrogens is 392 g/mol. The van der Waals surface area contributed by atoms with Crippen molar-refractivity contribution in [3.05, 3.63) is 94.9 Å². The van der Waals surface area contributed by atoms with Gasteiger partial charge in [-0.25, -0.2) is 9.78 Å². The SMILES string of the molecule is COC(=O)c1ccc2c(c1)CN(c1cccc(-c3csc(-c4ccccc4)n3)c1)C2. The molecule has 2 heterocycles. The van der Waals surface area contributed by atoms with Gasteiger partial charge in [0.05, 0.1) is 18.4 Å². The predicted molar refractivity (Wildman–Crippen MR) is 121 cm³/mol. The van der Waals surface area contributed by atoms with Gasteiger partial charge < -0.3 is 9.64 Å². The van der Waals surface area contributed by atoms with Gasteiger partial charge in [0.2, 0.25) is 0 Å². The Morgan fingerprint density at radius 2 is 1.73 bits per heavy atom. The number of ether oxygens (including phenoxy) is 1. The lowest BCUT2D eigenvalue weighted by Gasteiger charge is -2.18. The zero-order chi connectivity index (χ0) is 20.5. The zero-order valence-electron chi connectivity index (χ0n) is 16.5. The van der Waals surface area contributed by atoms with Gasteiger partial charge in [-0.1, -0.05) is 48.5 Å². The highest BCUT2D eigenvalue weighted by Crippen LogP contribution is 2.33. The van der Waals surface area contributed by atoms with Gasteiger partial charge in [0.1, 0.15) is 5.01 Å². The van der Waals surface area contributed by atoms with E-state index < -0.39 is 0 Å². The Morgan fingerprint density at radius 3 is 2.57 bits per heavy atom. The third kappa shape index (κ3) is 3.48. The molecule has 0 fully saturated rings. The molecule has 1 aliphatic rings. The van der Waals surface area contributed by atoms with Crippen LogP contribution in [0.3, 0.4) is 0 Å². The van der Waals surface area contributed by atoms with E-state index in [0.717, 1.165) is 40.6 Å². The molecule has 0 unspecified atom stereocenters. The monoisotopic (exact) mass is 412 g/mol. The Hall–Kier alpha value is -3.44. The van der Waals surface area contributed by atoms with Crippen LogP contribution in [-0.2, 0) is 17.8 Å². The number of methoxy groups -OCH3 is 1. The normalized spacial score (nSPS) is 12.6. The molecule has 0 bridgehead atoms. The summed E-state index contributed by atoms with van der Waals surface area (Å²) in [6.45, 7) is 1.60. The van der Waals surface area contributed by atoms with Crippen molar-refractivity contribution >= 4 is 23.0 Å². The van der Waals surface area contributed by atoms with Crippen molar-refractivity contribution in [1.29, 1.82) is 0 Å². The van der Waals surface area contributed by atoms with Gasteiger partial charge in [0, 0.05) is 35.3 Å². The Labute approximate surface area is 179 Å². The number of hydrogen-bond acceptors (Lipinski definition) is 5. The Bertz CT molecular complexity index is 1220. The van der Waals surface area contributed by atoms with E-state index in [1.54, 1.807) is 11.3 Å². The minimum atomic E-state index is -0.295. The number of esters is 1. The summed E-state index contributed by atoms with van der Waals surface area (Å²) in [4.78, 5) is 19.0. The molecule has 148 valence electrons. The maximum atomic E-state index is 11.8. The average Bonchev–Trinajstić information content (AvgIpc) is 3.46. The number of thiazole rings is 1. The van der Waals surface area contributed by atoms with Crippen LogP contribution in [-0.4, -0.2) is 18.1 Å². The van der Waals surface area contributed by atoms with Gasteiger partial charge in [-0.3, -0.25) is 0 Å². The van der Waals surface area contributed by atoms with E-state index >= 15 is 0 Å². The van der Waals surface area contributed by atoms with E-state index in [4.69, 9.17) is 9.72 Å². The highest BCUT2D eigenvalue weighted by molar-refractivity contribution is 7.13. The summed E-state index contributed by atoms with van der Waals surface area (Å²) in [5.74, 6) is -0.295. The second-order valence-corrected chi connectivity index (χ2v) is 8.14. The quantitative estimate of drug-likeness (QED) is 0.398. The van der Waals surface area contributed by atoms with Crippen LogP contribution in [0, 0.1) is 0 Å². The highest BCUT2D eigenvalue weighted by Gasteiger charge is 2.21. The first-order chi connectivity index (χ1) is 14.7. The molecule has 1 aliphatic heterocycles. The molecule has 1 aromatic heterocycles. The lowest BCUT2D eigenvalue weighted by molar-refractivity contribution is 0.0600. The van der Waals surface area contributed by atoms with E-state index in [9.17, 15) is 4.79 Å². The molecule has 0 atom stereocenters. The topological polar surface area (TPSA) is 42.4 Å². The van der Waals surface area contributed by atoms with E-state index in [1.165, 1.54) is 18.2 Å². The van der Waals surface area contributed by atoms with Gasteiger partial charge in [-0.05, 0) is 35.4 Å². The molecule has 0 amide bonds. The van der Waals surface area contributed by atoms with E-state index in [-0.39, 0.29) is 5.97 Å². The molecule has 5 heteroatoms. The molecule has 5 rings (SSSR count). The number of fused-ring (bicyclic) bond motifs is 1. The predicted octanol–water partition coefficient (Wildman–Crippen LogP) is 5.78. The van der Waals surface area contributed by atoms with Crippen molar-refractivity contribution < 1.29 is 9.53 Å². The van der Waals surface area contributed by atoms with Crippen molar-refractivity contribution in [2.75, 3.05) is 12.0 Å². The fraction of sp³-hybridized carbons (Fsp3) is 0.120. The summed E-state index contributed by atoms with van der Waals surface area (Å²) in [5.41, 5.74) is 7.40. The van der Waals surface area contributed by atoms with Crippen molar-refractivity contribution in [3.63, 3.8) is 0 Å². The fourth-order valence-corrected chi connectivity index (χ4v) is 4.64. The highest BCUT2D eigenvalue weighted by atomic mass is 32.1. The number of carbonyl (C=O) groups excluding carboxylic acids is 1. The van der Waals surface area contributed by atoms with Crippen LogP contribution in [0.2, 0.25) is 0 Å². The molecule has 0 saturated carbocycles. The lowest BCUT2D eigenvalue weighted by Crippen LogP contribution is -2.14. The van der Waals surface area contributed by atoms with Crippen LogP contribution in [0.4, 0.5) is 5.69 Å². The molecule has 30 heavy (non-hydrogen) atoms. The largest absolute Gasteiger partial charge is 0.465 e. The summed E-state index contributed by atoms with van der Waals surface area (Å²) < 4.78 is 4.85. The Balaban J connectivity index is 1.39. The number of benzene rings is 3. The Kier molecular flexibility index (Phi) is 4.81. The van der Waals surface area contributed by atoms with Gasteiger partial charge in [0.15, 0.2) is 0 Å². The molecule has 0 aliphatic carbocycles. The average molecular weight is 413 g/mol. The second-order valence-electron chi connectivity index (χ2n) is 7.29. The van der Waals surface area contributed by atoms with Gasteiger partial charge >= 0.3 is 5.97 Å². The van der Waals surface area contributed by atoms with Crippen LogP contribution in [0.25, 0.3) is 21.8 Å². The molecule has 0 saturated heterocycles. The second kappa shape index (κ2) is 7.76. The van der Waals surface area contributed by atoms with Crippen LogP contribution < -0.4 is 4.90 Å². The molecule has 0 N–H and O–H groups in total. The minimum absolute atomic E-state index is 0.295. The Morgan fingerprint density at radius 1 is 0.933 bits per heavy atom. The van der Waals surface area contributed by atoms with E-state index in [0.29, 0.717) is 5.56 Å². The number of anilines is 1. The summed E-state index contributed by atoms with van der Waals surface area (Å²) in [7, 11) is 1.41. The molecular formula is C25H20N2O2S. The van der Waals surface area contributed by atoms with E-state index in [1.807, 2.05) is 36.4 Å². The van der Waals surface area contributed by atoms with Crippen LogP contribution in [0.15, 0.2) is 78.2 Å². The lowest BCUT2D eigenvalue weighted by atomic mass is 10.1. The number of carbonyl (C=O) groups is 1. The van der Waals surface area contributed by atoms with Crippen molar-refractivity contribution in [3.8, 4) is 21.8 Å². The summed E-state index contributed by atoms with van der Waals surface area (Å²) in [5, 5.41) is 3.14. The maximum absolute atomic E-state index is 11.8. The number of aromatic nitrogens is 1. The van der Waals surface area contributed by atoms with Crippen LogP contribution in [0.5, 0.6) is 0 Å². The minimum Gasteiger partial charge on any atom is -0.465 e. The zero-order valence-corrected chi connectivity index (χ0v) is 17.4. The van der Waals surface area contributed by atoms with Crippen LogP contribution >= 0.6 is 11.3 Å².